The van der Waals surface area contributed by atoms with Crippen LogP contribution < -0.4 is 0 Å². The zero-order valence-corrected chi connectivity index (χ0v) is 9.47. The number of hydrogen-bond donors (Lipinski definition) is 0. The first-order valence-corrected chi connectivity index (χ1v) is 5.71. The molecule has 1 aliphatic heterocycles. The number of pyridine rings is 1. The van der Waals surface area contributed by atoms with E-state index in [1.165, 1.54) is 5.56 Å². The van der Waals surface area contributed by atoms with Gasteiger partial charge in [0, 0.05) is 19.8 Å². The Kier molecular flexibility index (Phi) is 2.20. The molecule has 0 amide bonds. The molecule has 76 valence electrons. The van der Waals surface area contributed by atoms with E-state index in [0.29, 0.717) is 0 Å². The molecule has 3 nitrogen and oxygen atoms in total. The molecular formula is C10H14N2OS. The normalized spacial score (nSPS) is 25.8. The summed E-state index contributed by atoms with van der Waals surface area (Å²) in [4.78, 5) is 4.34. The molecule has 1 aromatic rings. The van der Waals surface area contributed by atoms with Crippen molar-refractivity contribution in [1.29, 1.82) is 0 Å². The number of hydrogen-bond acceptors (Lipinski definition) is 2. The summed E-state index contributed by atoms with van der Waals surface area (Å²) in [5, 5.41) is 0. The molecule has 1 unspecified atom stereocenters. The Labute approximate surface area is 86.7 Å². The molecule has 0 saturated carbocycles. The topological polar surface area (TPSA) is 33.2 Å². The van der Waals surface area contributed by atoms with Crippen LogP contribution in [0.5, 0.6) is 0 Å². The number of rotatable bonds is 0. The Bertz CT molecular complexity index is 389. The van der Waals surface area contributed by atoms with Crippen LogP contribution in [0.15, 0.2) is 18.3 Å². The highest BCUT2D eigenvalue weighted by Crippen LogP contribution is 2.34. The van der Waals surface area contributed by atoms with E-state index in [1.54, 1.807) is 6.20 Å². The van der Waals surface area contributed by atoms with Gasteiger partial charge in [-0.15, -0.1) is 0 Å². The predicted molar refractivity (Wildman–Crippen MR) is 56.9 cm³/mol. The quantitative estimate of drug-likeness (QED) is 0.649. The van der Waals surface area contributed by atoms with Gasteiger partial charge in [-0.3, -0.25) is 4.98 Å². The molecule has 0 aliphatic carbocycles. The van der Waals surface area contributed by atoms with E-state index in [-0.39, 0.29) is 4.75 Å². The van der Waals surface area contributed by atoms with Crippen molar-refractivity contribution < 1.29 is 4.21 Å². The maximum atomic E-state index is 12.0. The number of nitrogens with zero attached hydrogens (tertiary/aromatic N) is 2. The summed E-state index contributed by atoms with van der Waals surface area (Å²) < 4.78 is 13.5. The minimum Gasteiger partial charge on any atom is -0.259 e. The zero-order valence-electron chi connectivity index (χ0n) is 8.65. The molecule has 0 bridgehead atoms. The van der Waals surface area contributed by atoms with E-state index >= 15 is 0 Å². The van der Waals surface area contributed by atoms with Crippen LogP contribution in [0.25, 0.3) is 0 Å². The van der Waals surface area contributed by atoms with Crippen LogP contribution >= 0.6 is 0 Å². The van der Waals surface area contributed by atoms with E-state index in [4.69, 9.17) is 0 Å². The van der Waals surface area contributed by atoms with Gasteiger partial charge in [0.2, 0.25) is 0 Å². The first-order chi connectivity index (χ1) is 6.53. The van der Waals surface area contributed by atoms with Gasteiger partial charge in [0.05, 0.1) is 10.4 Å². The van der Waals surface area contributed by atoms with Crippen molar-refractivity contribution in [2.24, 2.45) is 0 Å². The molecular weight excluding hydrogens is 196 g/mol. The second-order valence-electron chi connectivity index (χ2n) is 4.06. The first kappa shape index (κ1) is 9.80. The van der Waals surface area contributed by atoms with Gasteiger partial charge in [0.15, 0.2) is 0 Å². The maximum Gasteiger partial charge on any atom is 0.106 e. The van der Waals surface area contributed by atoms with E-state index in [9.17, 15) is 4.21 Å². The fraction of sp³-hybridized carbons (Fsp3) is 0.500. The van der Waals surface area contributed by atoms with Crippen molar-refractivity contribution in [2.45, 2.75) is 25.1 Å². The summed E-state index contributed by atoms with van der Waals surface area (Å²) in [6.45, 7) is 4.68. The fourth-order valence-corrected chi connectivity index (χ4v) is 3.26. The summed E-state index contributed by atoms with van der Waals surface area (Å²) >= 11 is 0. The monoisotopic (exact) mass is 210 g/mol. The standard InChI is InChI=1S/C10H14N2OS/c1-10(2)9-8(5-4-6-11-9)7-12(3)14(10)13/h4-6H,7H2,1-3H3. The van der Waals surface area contributed by atoms with Gasteiger partial charge in [-0.1, -0.05) is 6.07 Å². The van der Waals surface area contributed by atoms with Crippen LogP contribution in [0.4, 0.5) is 0 Å². The van der Waals surface area contributed by atoms with Gasteiger partial charge in [-0.2, -0.15) is 0 Å². The molecule has 1 atom stereocenters. The molecule has 0 N–H and O–H groups in total. The van der Waals surface area contributed by atoms with Crippen LogP contribution in [-0.4, -0.2) is 20.5 Å². The number of aromatic nitrogens is 1. The molecule has 0 fully saturated rings. The molecule has 4 heteroatoms. The second-order valence-corrected chi connectivity index (χ2v) is 6.20. The van der Waals surface area contributed by atoms with E-state index in [2.05, 4.69) is 11.1 Å². The van der Waals surface area contributed by atoms with E-state index in [1.807, 2.05) is 31.3 Å². The Hall–Kier alpha value is -0.740. The van der Waals surface area contributed by atoms with Crippen LogP contribution in [0.1, 0.15) is 25.1 Å². The highest BCUT2D eigenvalue weighted by molar-refractivity contribution is 7.83. The average Bonchev–Trinajstić information content (AvgIpc) is 2.15. The Morgan fingerprint density at radius 1 is 1.57 bits per heavy atom. The minimum absolute atomic E-state index is 0.371. The van der Waals surface area contributed by atoms with Gasteiger partial charge in [-0.25, -0.2) is 8.51 Å². The molecule has 0 saturated heterocycles. The summed E-state index contributed by atoms with van der Waals surface area (Å²) in [6.07, 6.45) is 1.77. The summed E-state index contributed by atoms with van der Waals surface area (Å²) in [5.74, 6) is 0. The van der Waals surface area contributed by atoms with Gasteiger partial charge in [0.25, 0.3) is 0 Å². The Morgan fingerprint density at radius 2 is 2.29 bits per heavy atom. The summed E-state index contributed by atoms with van der Waals surface area (Å²) in [6, 6.07) is 3.98. The maximum absolute atomic E-state index is 12.0. The second kappa shape index (κ2) is 3.14. The highest BCUT2D eigenvalue weighted by Gasteiger charge is 2.38. The lowest BCUT2D eigenvalue weighted by Crippen LogP contribution is -2.41. The Balaban J connectivity index is 2.60. The largest absolute Gasteiger partial charge is 0.259 e. The van der Waals surface area contributed by atoms with E-state index < -0.39 is 11.0 Å². The lowest BCUT2D eigenvalue weighted by Gasteiger charge is -2.35. The molecule has 0 aromatic carbocycles. The van der Waals surface area contributed by atoms with Crippen molar-refractivity contribution in [3.8, 4) is 0 Å². The smallest absolute Gasteiger partial charge is 0.106 e. The van der Waals surface area contributed by atoms with Crippen LogP contribution in [0.3, 0.4) is 0 Å². The summed E-state index contributed by atoms with van der Waals surface area (Å²) in [5.41, 5.74) is 2.15. The minimum atomic E-state index is -0.986. The van der Waals surface area contributed by atoms with Gasteiger partial charge >= 0.3 is 0 Å². The zero-order chi connectivity index (χ0) is 10.3. The molecule has 2 heterocycles. The predicted octanol–water partition coefficient (Wildman–Crippen LogP) is 1.43. The van der Waals surface area contributed by atoms with Gasteiger partial charge in [-0.05, 0) is 25.5 Å². The third-order valence-corrected chi connectivity index (χ3v) is 4.34. The van der Waals surface area contributed by atoms with Crippen molar-refractivity contribution >= 4 is 11.0 Å². The summed E-state index contributed by atoms with van der Waals surface area (Å²) in [7, 11) is 0.897. The van der Waals surface area contributed by atoms with Crippen LogP contribution in [0.2, 0.25) is 0 Å². The Morgan fingerprint density at radius 3 is 3.00 bits per heavy atom. The van der Waals surface area contributed by atoms with Crippen LogP contribution in [-0.2, 0) is 22.3 Å². The molecule has 14 heavy (non-hydrogen) atoms. The number of fused-ring (bicyclic) bond motifs is 1. The van der Waals surface area contributed by atoms with Crippen molar-refractivity contribution in [3.05, 3.63) is 29.6 Å². The molecule has 2 rings (SSSR count). The van der Waals surface area contributed by atoms with Gasteiger partial charge < -0.3 is 0 Å². The molecule has 1 aliphatic rings. The lowest BCUT2D eigenvalue weighted by molar-refractivity contribution is 0.463. The SMILES string of the molecule is CN1Cc2cccnc2C(C)(C)S1=O. The fourth-order valence-electron chi connectivity index (χ4n) is 1.88. The van der Waals surface area contributed by atoms with Crippen molar-refractivity contribution in [3.63, 3.8) is 0 Å². The third-order valence-electron chi connectivity index (χ3n) is 2.57. The highest BCUT2D eigenvalue weighted by atomic mass is 32.2. The molecule has 1 aromatic heterocycles. The lowest BCUT2D eigenvalue weighted by atomic mass is 10.0. The van der Waals surface area contributed by atoms with E-state index in [0.717, 1.165) is 12.2 Å². The van der Waals surface area contributed by atoms with Crippen molar-refractivity contribution in [2.75, 3.05) is 7.05 Å². The first-order valence-electron chi connectivity index (χ1n) is 4.61. The van der Waals surface area contributed by atoms with Crippen LogP contribution in [0, 0.1) is 0 Å². The third kappa shape index (κ3) is 1.29. The molecule has 0 spiro atoms. The van der Waals surface area contributed by atoms with Gasteiger partial charge in [0.1, 0.15) is 11.0 Å². The average molecular weight is 210 g/mol. The molecule has 0 radical (unpaired) electrons. The van der Waals surface area contributed by atoms with Crippen molar-refractivity contribution in [1.82, 2.24) is 9.29 Å².